The van der Waals surface area contributed by atoms with Gasteiger partial charge in [-0.25, -0.2) is 9.78 Å². The lowest BCUT2D eigenvalue weighted by atomic mass is 10.2. The molecule has 1 heterocycles. The molecule has 15 heavy (non-hydrogen) atoms. The molecule has 0 aromatic carbocycles. The summed E-state index contributed by atoms with van der Waals surface area (Å²) in [5.41, 5.74) is 0.473. The second kappa shape index (κ2) is 6.29. The number of nitrogens with one attached hydrogen (secondary N) is 1. The van der Waals surface area contributed by atoms with Gasteiger partial charge in [0, 0.05) is 18.5 Å². The van der Waals surface area contributed by atoms with Gasteiger partial charge in [0.2, 0.25) is 0 Å². The monoisotopic (exact) mass is 226 g/mol. The highest BCUT2D eigenvalue weighted by Gasteiger charge is 2.11. The molecule has 0 aliphatic heterocycles. The molecule has 0 bridgehead atoms. The van der Waals surface area contributed by atoms with E-state index in [1.54, 1.807) is 30.1 Å². The van der Waals surface area contributed by atoms with Crippen molar-refractivity contribution in [3.8, 4) is 0 Å². The molecule has 1 N–H and O–H groups in total. The molecular weight excluding hydrogens is 212 g/mol. The van der Waals surface area contributed by atoms with E-state index in [2.05, 4.69) is 15.0 Å². The van der Waals surface area contributed by atoms with Crippen molar-refractivity contribution in [3.05, 3.63) is 23.9 Å². The number of ether oxygens (including phenoxy) is 1. The van der Waals surface area contributed by atoms with E-state index in [0.717, 1.165) is 12.3 Å². The van der Waals surface area contributed by atoms with Gasteiger partial charge in [0.25, 0.3) is 0 Å². The summed E-state index contributed by atoms with van der Waals surface area (Å²) in [6.07, 6.45) is 3.68. The number of pyridine rings is 1. The third kappa shape index (κ3) is 3.43. The second-order valence-corrected chi connectivity index (χ2v) is 3.80. The zero-order chi connectivity index (χ0) is 11.1. The Bertz CT molecular complexity index is 331. The van der Waals surface area contributed by atoms with E-state index in [4.69, 9.17) is 0 Å². The van der Waals surface area contributed by atoms with Crippen LogP contribution in [0.15, 0.2) is 18.3 Å². The number of hydrogen-bond donors (Lipinski definition) is 1. The van der Waals surface area contributed by atoms with E-state index in [9.17, 15) is 4.79 Å². The van der Waals surface area contributed by atoms with Gasteiger partial charge in [-0.05, 0) is 18.4 Å². The largest absolute Gasteiger partial charge is 0.465 e. The predicted octanol–water partition coefficient (Wildman–Crippen LogP) is 1.64. The van der Waals surface area contributed by atoms with Crippen molar-refractivity contribution < 1.29 is 9.53 Å². The van der Waals surface area contributed by atoms with E-state index in [1.165, 1.54) is 7.11 Å². The fraction of sp³-hybridized carbons (Fsp3) is 0.400. The number of nitrogens with zero attached hydrogens (tertiary/aromatic N) is 1. The van der Waals surface area contributed by atoms with Crippen molar-refractivity contribution in [2.45, 2.75) is 0 Å². The quantitative estimate of drug-likeness (QED) is 0.611. The van der Waals surface area contributed by atoms with E-state index >= 15 is 0 Å². The molecule has 0 saturated carbocycles. The maximum Gasteiger partial charge on any atom is 0.341 e. The Balaban J connectivity index is 2.73. The number of carbonyl (C=O) groups excluding carboxylic acids is 1. The van der Waals surface area contributed by atoms with Gasteiger partial charge < -0.3 is 10.1 Å². The van der Waals surface area contributed by atoms with Crippen LogP contribution in [0.4, 0.5) is 5.82 Å². The number of aromatic nitrogens is 1. The molecule has 0 atom stereocenters. The molecule has 1 aromatic heterocycles. The first-order valence-corrected chi connectivity index (χ1v) is 5.95. The van der Waals surface area contributed by atoms with Crippen LogP contribution in [0.2, 0.25) is 0 Å². The Morgan fingerprint density at radius 3 is 3.13 bits per heavy atom. The molecule has 0 aliphatic carbocycles. The Labute approximate surface area is 93.4 Å². The Morgan fingerprint density at radius 1 is 1.67 bits per heavy atom. The number of rotatable bonds is 5. The average Bonchev–Trinajstić information content (AvgIpc) is 2.29. The minimum atomic E-state index is -0.366. The van der Waals surface area contributed by atoms with E-state index in [0.29, 0.717) is 11.4 Å². The predicted molar refractivity (Wildman–Crippen MR) is 62.4 cm³/mol. The van der Waals surface area contributed by atoms with Gasteiger partial charge in [0.1, 0.15) is 11.4 Å². The molecule has 0 spiro atoms. The summed E-state index contributed by atoms with van der Waals surface area (Å²) in [6, 6.07) is 3.41. The minimum Gasteiger partial charge on any atom is -0.465 e. The first kappa shape index (κ1) is 11.8. The maximum atomic E-state index is 11.4. The van der Waals surface area contributed by atoms with Crippen LogP contribution in [0, 0.1) is 0 Å². The van der Waals surface area contributed by atoms with Crippen molar-refractivity contribution in [1.82, 2.24) is 4.98 Å². The zero-order valence-corrected chi connectivity index (χ0v) is 9.63. The molecule has 0 amide bonds. The van der Waals surface area contributed by atoms with Crippen LogP contribution in [0.5, 0.6) is 0 Å². The van der Waals surface area contributed by atoms with Crippen LogP contribution in [-0.2, 0) is 4.74 Å². The number of anilines is 1. The van der Waals surface area contributed by atoms with Crippen molar-refractivity contribution in [2.75, 3.05) is 31.0 Å². The number of thioether (sulfide) groups is 1. The fourth-order valence-corrected chi connectivity index (χ4v) is 1.40. The first-order chi connectivity index (χ1) is 7.29. The third-order valence-electron chi connectivity index (χ3n) is 1.81. The highest BCUT2D eigenvalue weighted by Crippen LogP contribution is 2.12. The molecule has 0 fully saturated rings. The fourth-order valence-electron chi connectivity index (χ4n) is 1.09. The summed E-state index contributed by atoms with van der Waals surface area (Å²) in [5.74, 6) is 1.19. The van der Waals surface area contributed by atoms with Gasteiger partial charge in [-0.15, -0.1) is 0 Å². The van der Waals surface area contributed by atoms with Gasteiger partial charge in [-0.2, -0.15) is 11.8 Å². The standard InChI is InChI=1S/C10H14N2O2S/c1-14-10(13)8-4-3-5-11-9(8)12-6-7-15-2/h3-5H,6-7H2,1-2H3,(H,11,12). The molecule has 0 saturated heterocycles. The molecule has 0 unspecified atom stereocenters. The summed E-state index contributed by atoms with van der Waals surface area (Å²) in [6.45, 7) is 0.780. The summed E-state index contributed by atoms with van der Waals surface area (Å²) >= 11 is 1.73. The number of methoxy groups -OCH3 is 1. The van der Waals surface area contributed by atoms with E-state index < -0.39 is 0 Å². The van der Waals surface area contributed by atoms with Crippen LogP contribution in [-0.4, -0.2) is 36.6 Å². The Kier molecular flexibility index (Phi) is 4.97. The number of esters is 1. The number of carbonyl (C=O) groups is 1. The average molecular weight is 226 g/mol. The lowest BCUT2D eigenvalue weighted by molar-refractivity contribution is 0.0601. The topological polar surface area (TPSA) is 51.2 Å². The molecule has 5 heteroatoms. The van der Waals surface area contributed by atoms with Crippen LogP contribution in [0.1, 0.15) is 10.4 Å². The lowest BCUT2D eigenvalue weighted by Gasteiger charge is -2.08. The van der Waals surface area contributed by atoms with E-state index in [-0.39, 0.29) is 5.97 Å². The van der Waals surface area contributed by atoms with Crippen LogP contribution < -0.4 is 5.32 Å². The highest BCUT2D eigenvalue weighted by atomic mass is 32.2. The molecule has 82 valence electrons. The normalized spacial score (nSPS) is 9.73. The summed E-state index contributed by atoms with van der Waals surface area (Å²) in [5, 5.41) is 3.10. The van der Waals surface area contributed by atoms with Gasteiger partial charge in [0.05, 0.1) is 7.11 Å². The van der Waals surface area contributed by atoms with Crippen molar-refractivity contribution in [3.63, 3.8) is 0 Å². The van der Waals surface area contributed by atoms with Crippen LogP contribution in [0.25, 0.3) is 0 Å². The Hall–Kier alpha value is -1.23. The Morgan fingerprint density at radius 2 is 2.47 bits per heavy atom. The summed E-state index contributed by atoms with van der Waals surface area (Å²) in [4.78, 5) is 15.5. The molecule has 1 aromatic rings. The number of hydrogen-bond acceptors (Lipinski definition) is 5. The third-order valence-corrected chi connectivity index (χ3v) is 2.42. The molecule has 4 nitrogen and oxygen atoms in total. The van der Waals surface area contributed by atoms with Crippen LogP contribution in [0.3, 0.4) is 0 Å². The van der Waals surface area contributed by atoms with Crippen molar-refractivity contribution in [2.24, 2.45) is 0 Å². The smallest absolute Gasteiger partial charge is 0.341 e. The lowest BCUT2D eigenvalue weighted by Crippen LogP contribution is -2.11. The van der Waals surface area contributed by atoms with Gasteiger partial charge in [-0.1, -0.05) is 0 Å². The first-order valence-electron chi connectivity index (χ1n) is 4.55. The SMILES string of the molecule is COC(=O)c1cccnc1NCCSC. The van der Waals surface area contributed by atoms with Crippen LogP contribution >= 0.6 is 11.8 Å². The summed E-state index contributed by atoms with van der Waals surface area (Å²) in [7, 11) is 1.36. The second-order valence-electron chi connectivity index (χ2n) is 2.81. The van der Waals surface area contributed by atoms with Gasteiger partial charge >= 0.3 is 5.97 Å². The molecule has 1 rings (SSSR count). The zero-order valence-electron chi connectivity index (χ0n) is 8.82. The molecule has 0 radical (unpaired) electrons. The minimum absolute atomic E-state index is 0.366. The maximum absolute atomic E-state index is 11.4. The molecular formula is C10H14N2O2S. The van der Waals surface area contributed by atoms with E-state index in [1.807, 2.05) is 6.26 Å². The molecule has 0 aliphatic rings. The van der Waals surface area contributed by atoms with Gasteiger partial charge in [0.15, 0.2) is 0 Å². The highest BCUT2D eigenvalue weighted by molar-refractivity contribution is 7.98. The summed E-state index contributed by atoms with van der Waals surface area (Å²) < 4.78 is 4.66. The van der Waals surface area contributed by atoms with Gasteiger partial charge in [-0.3, -0.25) is 0 Å². The van der Waals surface area contributed by atoms with Crippen molar-refractivity contribution in [1.29, 1.82) is 0 Å². The van der Waals surface area contributed by atoms with Crippen molar-refractivity contribution >= 4 is 23.5 Å².